The largest absolute Gasteiger partial charge is 0.383 e. The number of hydrogen-bond acceptors (Lipinski definition) is 1. The Balaban J connectivity index is 1.03. The zero-order valence-electron chi connectivity index (χ0n) is 33.4. The van der Waals surface area contributed by atoms with Crippen LogP contribution in [0.5, 0.6) is 0 Å². The average Bonchev–Trinajstić information content (AvgIpc) is 3.80. The molecule has 2 aliphatic rings. The summed E-state index contributed by atoms with van der Waals surface area (Å²) in [5.41, 5.74) is 22.2. The van der Waals surface area contributed by atoms with Crippen molar-refractivity contribution in [2.75, 3.05) is 0 Å². The quantitative estimate of drug-likeness (QED) is 0.106. The zero-order chi connectivity index (χ0) is 40.5. The van der Waals surface area contributed by atoms with Gasteiger partial charge in [-0.05, 0) is 106 Å². The summed E-state index contributed by atoms with van der Waals surface area (Å²) in [5.74, 6) is 1.04. The number of nitrogens with two attached hydrogens (primary N) is 1. The highest BCUT2D eigenvalue weighted by molar-refractivity contribution is 6.26. The first kappa shape index (κ1) is 35.1. The van der Waals surface area contributed by atoms with E-state index in [-0.39, 0.29) is 0 Å². The Bertz CT molecular complexity index is 3390. The molecule has 286 valence electrons. The van der Waals surface area contributed by atoms with Crippen molar-refractivity contribution in [1.29, 1.82) is 0 Å². The van der Waals surface area contributed by atoms with Gasteiger partial charge < -0.3 is 5.73 Å². The van der Waals surface area contributed by atoms with Crippen LogP contribution in [-0.2, 0) is 12.0 Å². The molecule has 0 radical (unpaired) electrons. The summed E-state index contributed by atoms with van der Waals surface area (Å²) in [6.07, 6.45) is 0. The SMILES string of the molecule is NC(=NC(=NCc1cccc2c3ccccc3c3cc(-c4ccc5c(c4)C4(c6ccccc6-c6ccccc64)c4ccccc4-5)ccc3c12)c1ccccc1)c1ccccc1. The monoisotopic (exact) mass is 777 g/mol. The van der Waals surface area contributed by atoms with E-state index in [1.54, 1.807) is 0 Å². The predicted molar refractivity (Wildman–Crippen MR) is 255 cm³/mol. The van der Waals surface area contributed by atoms with E-state index < -0.39 is 5.41 Å². The Kier molecular flexibility index (Phi) is 7.98. The maximum atomic E-state index is 6.59. The van der Waals surface area contributed by atoms with Crippen LogP contribution in [0.3, 0.4) is 0 Å². The third kappa shape index (κ3) is 5.30. The molecule has 0 aromatic heterocycles. The smallest absolute Gasteiger partial charge is 0.157 e. The van der Waals surface area contributed by atoms with Crippen LogP contribution in [0.1, 0.15) is 38.9 Å². The maximum Gasteiger partial charge on any atom is 0.157 e. The number of fused-ring (bicyclic) bond motifs is 16. The van der Waals surface area contributed by atoms with E-state index in [1.165, 1.54) is 88.0 Å². The molecule has 0 amide bonds. The van der Waals surface area contributed by atoms with Crippen LogP contribution >= 0.6 is 0 Å². The summed E-state index contributed by atoms with van der Waals surface area (Å²) in [6, 6.07) is 76.7. The number of rotatable bonds is 5. The van der Waals surface area contributed by atoms with Crippen molar-refractivity contribution in [2.24, 2.45) is 15.7 Å². The van der Waals surface area contributed by atoms with Crippen molar-refractivity contribution in [3.8, 4) is 33.4 Å². The summed E-state index contributed by atoms with van der Waals surface area (Å²) in [7, 11) is 0. The molecule has 10 aromatic rings. The molecular formula is C58H39N3. The van der Waals surface area contributed by atoms with Crippen LogP contribution in [0.25, 0.3) is 65.7 Å². The van der Waals surface area contributed by atoms with Crippen LogP contribution in [0.2, 0.25) is 0 Å². The second-order valence-corrected chi connectivity index (χ2v) is 16.2. The maximum absolute atomic E-state index is 6.59. The van der Waals surface area contributed by atoms with Crippen molar-refractivity contribution < 1.29 is 0 Å². The molecule has 0 heterocycles. The van der Waals surface area contributed by atoms with Gasteiger partial charge in [0.05, 0.1) is 12.0 Å². The van der Waals surface area contributed by atoms with Crippen LogP contribution in [0.4, 0.5) is 0 Å². The third-order valence-electron chi connectivity index (χ3n) is 13.0. The summed E-state index contributed by atoms with van der Waals surface area (Å²) < 4.78 is 0. The second kappa shape index (κ2) is 13.9. The Labute approximate surface area is 354 Å². The molecule has 0 unspecified atom stereocenters. The second-order valence-electron chi connectivity index (χ2n) is 16.2. The topological polar surface area (TPSA) is 50.7 Å². The molecule has 0 saturated heterocycles. The molecule has 3 nitrogen and oxygen atoms in total. The highest BCUT2D eigenvalue weighted by Crippen LogP contribution is 2.63. The lowest BCUT2D eigenvalue weighted by molar-refractivity contribution is 0.794. The minimum atomic E-state index is -0.390. The van der Waals surface area contributed by atoms with Crippen molar-refractivity contribution >= 4 is 44.0 Å². The first-order valence-electron chi connectivity index (χ1n) is 21.0. The fourth-order valence-corrected chi connectivity index (χ4v) is 10.4. The summed E-state index contributed by atoms with van der Waals surface area (Å²) in [4.78, 5) is 10.1. The van der Waals surface area contributed by atoms with E-state index in [4.69, 9.17) is 15.7 Å². The van der Waals surface area contributed by atoms with Crippen LogP contribution < -0.4 is 5.73 Å². The van der Waals surface area contributed by atoms with Gasteiger partial charge in [0.25, 0.3) is 0 Å². The van der Waals surface area contributed by atoms with Gasteiger partial charge >= 0.3 is 0 Å². The van der Waals surface area contributed by atoms with Gasteiger partial charge in [0.15, 0.2) is 5.84 Å². The van der Waals surface area contributed by atoms with E-state index in [2.05, 4.69) is 152 Å². The van der Waals surface area contributed by atoms with Gasteiger partial charge in [0, 0.05) is 11.1 Å². The number of nitrogens with zero attached hydrogens (tertiary/aromatic N) is 2. The first-order valence-corrected chi connectivity index (χ1v) is 21.0. The molecule has 0 bridgehead atoms. The highest BCUT2D eigenvalue weighted by Gasteiger charge is 2.51. The highest BCUT2D eigenvalue weighted by atomic mass is 15.0. The average molecular weight is 778 g/mol. The fraction of sp³-hybridized carbons (Fsp3) is 0.0345. The Morgan fingerprint density at radius 2 is 0.885 bits per heavy atom. The van der Waals surface area contributed by atoms with Gasteiger partial charge in [-0.1, -0.05) is 200 Å². The van der Waals surface area contributed by atoms with E-state index >= 15 is 0 Å². The summed E-state index contributed by atoms with van der Waals surface area (Å²) in [5, 5.41) is 7.32. The lowest BCUT2D eigenvalue weighted by Crippen LogP contribution is -2.25. The van der Waals surface area contributed by atoms with Crippen LogP contribution in [0, 0.1) is 0 Å². The first-order chi connectivity index (χ1) is 30.2. The third-order valence-corrected chi connectivity index (χ3v) is 13.0. The Morgan fingerprint density at radius 3 is 1.54 bits per heavy atom. The van der Waals surface area contributed by atoms with Crippen molar-refractivity contribution in [3.63, 3.8) is 0 Å². The summed E-state index contributed by atoms with van der Waals surface area (Å²) in [6.45, 7) is 0.443. The number of amidine groups is 2. The van der Waals surface area contributed by atoms with Crippen molar-refractivity contribution in [2.45, 2.75) is 12.0 Å². The molecule has 0 fully saturated rings. The molecule has 12 rings (SSSR count). The lowest BCUT2D eigenvalue weighted by Gasteiger charge is -2.30. The standard InChI is InChI=1S/C58H39N3/c59-56(37-16-3-1-4-17-37)61-57(38-18-5-2-6-19-38)60-36-41-20-15-26-48-42-21-7-8-22-43(42)50-34-39(31-33-49(50)55(41)48)40-30-32-47-46-25-11-14-29-53(46)58(54(47)35-40)51-27-12-9-23-44(51)45-24-10-13-28-52(45)58/h1-35H,36H2,(H2,59,60,61). The van der Waals surface area contributed by atoms with Gasteiger partial charge in [0.1, 0.15) is 5.84 Å². The fourth-order valence-electron chi connectivity index (χ4n) is 10.4. The minimum Gasteiger partial charge on any atom is -0.383 e. The lowest BCUT2D eigenvalue weighted by atomic mass is 9.70. The molecule has 2 N–H and O–H groups in total. The Hall–Kier alpha value is -7.88. The van der Waals surface area contributed by atoms with E-state index in [9.17, 15) is 0 Å². The molecule has 1 spiro atoms. The molecule has 3 heteroatoms. The van der Waals surface area contributed by atoms with Gasteiger partial charge in [-0.25, -0.2) is 4.99 Å². The van der Waals surface area contributed by atoms with E-state index in [1.807, 2.05) is 60.7 Å². The van der Waals surface area contributed by atoms with Gasteiger partial charge in [-0.15, -0.1) is 0 Å². The van der Waals surface area contributed by atoms with Gasteiger partial charge in [-0.2, -0.15) is 0 Å². The minimum absolute atomic E-state index is 0.390. The Morgan fingerprint density at radius 1 is 0.393 bits per heavy atom. The van der Waals surface area contributed by atoms with Crippen LogP contribution in [0.15, 0.2) is 222 Å². The number of benzene rings is 10. The molecule has 2 aliphatic carbocycles. The molecular weight excluding hydrogens is 739 g/mol. The van der Waals surface area contributed by atoms with Crippen molar-refractivity contribution in [1.82, 2.24) is 0 Å². The molecule has 61 heavy (non-hydrogen) atoms. The van der Waals surface area contributed by atoms with Gasteiger partial charge in [-0.3, -0.25) is 4.99 Å². The number of aliphatic imine (C=N–C) groups is 2. The molecule has 0 saturated carbocycles. The molecule has 10 aromatic carbocycles. The van der Waals surface area contributed by atoms with E-state index in [0.29, 0.717) is 18.2 Å². The van der Waals surface area contributed by atoms with Crippen molar-refractivity contribution in [3.05, 3.63) is 251 Å². The van der Waals surface area contributed by atoms with Crippen LogP contribution in [-0.4, -0.2) is 11.7 Å². The number of hydrogen-bond donors (Lipinski definition) is 1. The van der Waals surface area contributed by atoms with E-state index in [0.717, 1.165) is 16.7 Å². The normalized spacial score (nSPS) is 13.7. The van der Waals surface area contributed by atoms with Gasteiger partial charge in [0.2, 0.25) is 0 Å². The molecule has 0 atom stereocenters. The molecule has 0 aliphatic heterocycles. The summed E-state index contributed by atoms with van der Waals surface area (Å²) >= 11 is 0. The predicted octanol–water partition coefficient (Wildman–Crippen LogP) is 13.5. The zero-order valence-corrected chi connectivity index (χ0v) is 33.4.